The van der Waals surface area contributed by atoms with E-state index in [1.165, 1.54) is 30.3 Å². The summed E-state index contributed by atoms with van der Waals surface area (Å²) in [6, 6.07) is 9.75. The Hall–Kier alpha value is -2.08. The molecule has 0 heterocycles. The van der Waals surface area contributed by atoms with Crippen molar-refractivity contribution in [1.82, 2.24) is 0 Å². The van der Waals surface area contributed by atoms with E-state index in [2.05, 4.69) is 0 Å². The zero-order valence-corrected chi connectivity index (χ0v) is 10.9. The van der Waals surface area contributed by atoms with E-state index >= 15 is 0 Å². The second-order valence-electron chi connectivity index (χ2n) is 4.07. The van der Waals surface area contributed by atoms with E-state index in [9.17, 15) is 12.8 Å². The topological polar surface area (TPSA) is 69.4 Å². The van der Waals surface area contributed by atoms with Crippen LogP contribution in [-0.2, 0) is 9.84 Å². The second-order valence-corrected chi connectivity index (χ2v) is 6.09. The van der Waals surface area contributed by atoms with Gasteiger partial charge in [0.2, 0.25) is 0 Å². The van der Waals surface area contributed by atoms with Crippen molar-refractivity contribution in [3.63, 3.8) is 0 Å². The first kappa shape index (κ1) is 13.4. The van der Waals surface area contributed by atoms with Gasteiger partial charge in [-0.3, -0.25) is 0 Å². The maximum absolute atomic E-state index is 13.1. The highest BCUT2D eigenvalue weighted by molar-refractivity contribution is 7.90. The van der Waals surface area contributed by atoms with E-state index in [1.807, 2.05) is 0 Å². The first-order chi connectivity index (χ1) is 8.84. The molecule has 2 aromatic rings. The molecule has 0 spiro atoms. The van der Waals surface area contributed by atoms with E-state index in [-0.39, 0.29) is 16.3 Å². The Kier molecular flexibility index (Phi) is 3.44. The molecule has 0 aliphatic rings. The van der Waals surface area contributed by atoms with Crippen LogP contribution in [0.15, 0.2) is 47.4 Å². The summed E-state index contributed by atoms with van der Waals surface area (Å²) >= 11 is 0. The van der Waals surface area contributed by atoms with Crippen molar-refractivity contribution in [2.24, 2.45) is 0 Å². The molecule has 6 heteroatoms. The van der Waals surface area contributed by atoms with Crippen molar-refractivity contribution in [2.75, 3.05) is 12.0 Å². The number of hydrogen-bond acceptors (Lipinski definition) is 4. The molecule has 0 atom stereocenters. The number of hydrogen-bond donors (Lipinski definition) is 1. The first-order valence-electron chi connectivity index (χ1n) is 5.39. The average molecular weight is 281 g/mol. The van der Waals surface area contributed by atoms with Crippen LogP contribution in [0.4, 0.5) is 10.1 Å². The van der Waals surface area contributed by atoms with Gasteiger partial charge in [-0.1, -0.05) is 6.07 Å². The van der Waals surface area contributed by atoms with Crippen LogP contribution in [0.5, 0.6) is 11.5 Å². The zero-order valence-electron chi connectivity index (χ0n) is 10.1. The number of benzene rings is 2. The number of nitrogen functional groups attached to an aromatic ring is 1. The molecule has 0 radical (unpaired) electrons. The lowest BCUT2D eigenvalue weighted by atomic mass is 10.3. The lowest BCUT2D eigenvalue weighted by molar-refractivity contribution is 0.475. The smallest absolute Gasteiger partial charge is 0.175 e. The lowest BCUT2D eigenvalue weighted by Crippen LogP contribution is -1.97. The molecule has 2 rings (SSSR count). The standard InChI is InChI=1S/C13H12FNO3S/c1-19(16,17)13-4-2-3-11(8-13)18-12-6-9(14)5-10(15)7-12/h2-8H,15H2,1H3. The van der Waals surface area contributed by atoms with E-state index in [0.29, 0.717) is 5.75 Å². The largest absolute Gasteiger partial charge is 0.457 e. The molecule has 0 aliphatic heterocycles. The minimum absolute atomic E-state index is 0.134. The third-order valence-corrected chi connectivity index (χ3v) is 3.47. The minimum Gasteiger partial charge on any atom is -0.457 e. The van der Waals surface area contributed by atoms with Crippen LogP contribution >= 0.6 is 0 Å². The third-order valence-electron chi connectivity index (χ3n) is 2.36. The summed E-state index contributed by atoms with van der Waals surface area (Å²) in [5, 5.41) is 0. The van der Waals surface area contributed by atoms with Gasteiger partial charge in [-0.05, 0) is 24.3 Å². The molecule has 2 N–H and O–H groups in total. The number of halogens is 1. The highest BCUT2D eigenvalue weighted by atomic mass is 32.2. The van der Waals surface area contributed by atoms with Gasteiger partial charge < -0.3 is 10.5 Å². The van der Waals surface area contributed by atoms with Crippen LogP contribution in [-0.4, -0.2) is 14.7 Å². The van der Waals surface area contributed by atoms with E-state index in [4.69, 9.17) is 10.5 Å². The van der Waals surface area contributed by atoms with Crippen LogP contribution in [0.25, 0.3) is 0 Å². The molecule has 0 fully saturated rings. The summed E-state index contributed by atoms with van der Waals surface area (Å²) < 4.78 is 41.4. The van der Waals surface area contributed by atoms with Gasteiger partial charge >= 0.3 is 0 Å². The summed E-state index contributed by atoms with van der Waals surface area (Å²) in [6.45, 7) is 0. The van der Waals surface area contributed by atoms with Gasteiger partial charge in [0, 0.05) is 24.1 Å². The molecule has 0 amide bonds. The van der Waals surface area contributed by atoms with Crippen LogP contribution in [0.1, 0.15) is 0 Å². The maximum atomic E-state index is 13.1. The van der Waals surface area contributed by atoms with Crippen molar-refractivity contribution in [1.29, 1.82) is 0 Å². The Balaban J connectivity index is 2.33. The highest BCUT2D eigenvalue weighted by Crippen LogP contribution is 2.26. The monoisotopic (exact) mass is 281 g/mol. The predicted octanol–water partition coefficient (Wildman–Crippen LogP) is 2.60. The number of anilines is 1. The summed E-state index contributed by atoms with van der Waals surface area (Å²) in [4.78, 5) is 0.134. The molecular formula is C13H12FNO3S. The van der Waals surface area contributed by atoms with Crippen molar-refractivity contribution >= 4 is 15.5 Å². The molecule has 0 aliphatic carbocycles. The molecule has 19 heavy (non-hydrogen) atoms. The molecule has 100 valence electrons. The Labute approximate surface area is 110 Å². The Bertz CT molecular complexity index is 693. The number of ether oxygens (including phenoxy) is 1. The fourth-order valence-electron chi connectivity index (χ4n) is 1.55. The van der Waals surface area contributed by atoms with Crippen LogP contribution < -0.4 is 10.5 Å². The Morgan fingerprint density at radius 3 is 2.47 bits per heavy atom. The lowest BCUT2D eigenvalue weighted by Gasteiger charge is -2.08. The molecule has 0 bridgehead atoms. The molecule has 0 saturated carbocycles. The van der Waals surface area contributed by atoms with Crippen molar-refractivity contribution in [2.45, 2.75) is 4.90 Å². The molecule has 0 aromatic heterocycles. The quantitative estimate of drug-likeness (QED) is 0.878. The molecule has 2 aromatic carbocycles. The highest BCUT2D eigenvalue weighted by Gasteiger charge is 2.08. The summed E-state index contributed by atoms with van der Waals surface area (Å²) in [5.41, 5.74) is 5.73. The molecule has 4 nitrogen and oxygen atoms in total. The van der Waals surface area contributed by atoms with Gasteiger partial charge in [0.25, 0.3) is 0 Å². The van der Waals surface area contributed by atoms with Crippen LogP contribution in [0, 0.1) is 5.82 Å². The molecular weight excluding hydrogens is 269 g/mol. The van der Waals surface area contributed by atoms with Gasteiger partial charge in [-0.15, -0.1) is 0 Å². The number of sulfone groups is 1. The fraction of sp³-hybridized carbons (Fsp3) is 0.0769. The third kappa shape index (κ3) is 3.45. The summed E-state index contributed by atoms with van der Waals surface area (Å²) in [5.74, 6) is -0.00894. The Morgan fingerprint density at radius 1 is 1.11 bits per heavy atom. The Morgan fingerprint density at radius 2 is 1.84 bits per heavy atom. The van der Waals surface area contributed by atoms with Gasteiger partial charge in [-0.25, -0.2) is 12.8 Å². The van der Waals surface area contributed by atoms with Gasteiger partial charge in [0.15, 0.2) is 9.84 Å². The fourth-order valence-corrected chi connectivity index (χ4v) is 2.20. The molecule has 0 unspecified atom stereocenters. The average Bonchev–Trinajstić information content (AvgIpc) is 2.26. The van der Waals surface area contributed by atoms with E-state index < -0.39 is 15.7 Å². The van der Waals surface area contributed by atoms with E-state index in [1.54, 1.807) is 12.1 Å². The maximum Gasteiger partial charge on any atom is 0.175 e. The van der Waals surface area contributed by atoms with Crippen molar-refractivity contribution < 1.29 is 17.5 Å². The summed E-state index contributed by atoms with van der Waals surface area (Å²) in [6.07, 6.45) is 1.10. The normalized spacial score (nSPS) is 11.3. The van der Waals surface area contributed by atoms with E-state index in [0.717, 1.165) is 6.26 Å². The first-order valence-corrected chi connectivity index (χ1v) is 7.28. The second kappa shape index (κ2) is 4.89. The zero-order chi connectivity index (χ0) is 14.0. The number of rotatable bonds is 3. The van der Waals surface area contributed by atoms with Crippen LogP contribution in [0.3, 0.4) is 0 Å². The molecule has 0 saturated heterocycles. The van der Waals surface area contributed by atoms with Gasteiger partial charge in [0.1, 0.15) is 17.3 Å². The SMILES string of the molecule is CS(=O)(=O)c1cccc(Oc2cc(N)cc(F)c2)c1. The van der Waals surface area contributed by atoms with Crippen LogP contribution in [0.2, 0.25) is 0 Å². The predicted molar refractivity (Wildman–Crippen MR) is 70.4 cm³/mol. The number of nitrogens with two attached hydrogens (primary N) is 1. The van der Waals surface area contributed by atoms with Gasteiger partial charge in [0.05, 0.1) is 4.90 Å². The van der Waals surface area contributed by atoms with Gasteiger partial charge in [-0.2, -0.15) is 0 Å². The van der Waals surface area contributed by atoms with Crippen molar-refractivity contribution in [3.05, 3.63) is 48.3 Å². The summed E-state index contributed by atoms with van der Waals surface area (Å²) in [7, 11) is -3.31. The van der Waals surface area contributed by atoms with Crippen molar-refractivity contribution in [3.8, 4) is 11.5 Å². The minimum atomic E-state index is -3.31.